The second-order valence-electron chi connectivity index (χ2n) is 7.71. The minimum Gasteiger partial charge on any atom is -0.491 e. The van der Waals surface area contributed by atoms with Crippen LogP contribution in [0.3, 0.4) is 0 Å². The van der Waals surface area contributed by atoms with Gasteiger partial charge in [-0.15, -0.1) is 0 Å². The third-order valence-electron chi connectivity index (χ3n) is 5.12. The minimum absolute atomic E-state index is 0.00984. The van der Waals surface area contributed by atoms with Crippen molar-refractivity contribution in [2.24, 2.45) is 0 Å². The maximum Gasteiger partial charge on any atom is 0.211 e. The standard InChI is InChI=1S/C22H24FN3O3S/c1-14(2)29-16-4-5-20(23)18(12-16)17-6-9-24-22-19(17)13-21(25-22)15-7-10-26(11-8-15)30(3,27)28/h4-7,9,12-14H,8,10-11H2,1-3H3,(H,24,25). The molecule has 1 aliphatic rings. The van der Waals surface area contributed by atoms with E-state index >= 15 is 0 Å². The summed E-state index contributed by atoms with van der Waals surface area (Å²) in [4.78, 5) is 7.69. The van der Waals surface area contributed by atoms with Gasteiger partial charge in [0.05, 0.1) is 12.4 Å². The first-order chi connectivity index (χ1) is 14.2. The zero-order valence-corrected chi connectivity index (χ0v) is 18.0. The summed E-state index contributed by atoms with van der Waals surface area (Å²) < 4.78 is 45.3. The van der Waals surface area contributed by atoms with Crippen LogP contribution in [0.4, 0.5) is 4.39 Å². The van der Waals surface area contributed by atoms with E-state index in [0.717, 1.165) is 22.2 Å². The summed E-state index contributed by atoms with van der Waals surface area (Å²) in [6.45, 7) is 4.63. The number of aromatic nitrogens is 2. The lowest BCUT2D eigenvalue weighted by atomic mass is 10.0. The van der Waals surface area contributed by atoms with Gasteiger partial charge in [0.2, 0.25) is 10.0 Å². The van der Waals surface area contributed by atoms with Crippen LogP contribution in [-0.4, -0.2) is 48.1 Å². The highest BCUT2D eigenvalue weighted by molar-refractivity contribution is 7.88. The summed E-state index contributed by atoms with van der Waals surface area (Å²) in [5.41, 5.74) is 3.73. The summed E-state index contributed by atoms with van der Waals surface area (Å²) in [6.07, 6.45) is 5.36. The van der Waals surface area contributed by atoms with Gasteiger partial charge in [-0.05, 0) is 61.7 Å². The zero-order chi connectivity index (χ0) is 21.5. The number of nitrogens with zero attached hydrogens (tertiary/aromatic N) is 2. The van der Waals surface area contributed by atoms with E-state index in [0.29, 0.717) is 36.5 Å². The molecule has 0 unspecified atom stereocenters. The van der Waals surface area contributed by atoms with Crippen molar-refractivity contribution in [1.29, 1.82) is 0 Å². The molecule has 1 N–H and O–H groups in total. The van der Waals surface area contributed by atoms with Crippen molar-refractivity contribution in [1.82, 2.24) is 14.3 Å². The van der Waals surface area contributed by atoms with E-state index in [4.69, 9.17) is 4.74 Å². The molecule has 2 aromatic heterocycles. The maximum absolute atomic E-state index is 14.7. The normalized spacial score (nSPS) is 15.6. The Morgan fingerprint density at radius 3 is 2.67 bits per heavy atom. The van der Waals surface area contributed by atoms with Crippen LogP contribution in [-0.2, 0) is 10.0 Å². The first-order valence-corrected chi connectivity index (χ1v) is 11.7. The summed E-state index contributed by atoms with van der Waals surface area (Å²) in [7, 11) is -3.20. The fraction of sp³-hybridized carbons (Fsp3) is 0.318. The van der Waals surface area contributed by atoms with Crippen molar-refractivity contribution in [3.05, 3.63) is 54.1 Å². The topological polar surface area (TPSA) is 75.3 Å². The van der Waals surface area contributed by atoms with Crippen LogP contribution < -0.4 is 4.74 Å². The number of aromatic amines is 1. The summed E-state index contributed by atoms with van der Waals surface area (Å²) in [6, 6.07) is 8.49. The van der Waals surface area contributed by atoms with Crippen LogP contribution in [0.25, 0.3) is 27.7 Å². The first-order valence-electron chi connectivity index (χ1n) is 9.81. The molecule has 0 spiro atoms. The van der Waals surface area contributed by atoms with E-state index in [1.54, 1.807) is 24.4 Å². The number of halogens is 1. The maximum atomic E-state index is 14.7. The highest BCUT2D eigenvalue weighted by Crippen LogP contribution is 2.34. The molecule has 0 amide bonds. The number of benzene rings is 1. The molecule has 0 bridgehead atoms. The molecule has 1 aliphatic heterocycles. The van der Waals surface area contributed by atoms with Crippen LogP contribution in [0.15, 0.2) is 42.6 Å². The van der Waals surface area contributed by atoms with Gasteiger partial charge in [0.25, 0.3) is 0 Å². The van der Waals surface area contributed by atoms with Crippen LogP contribution in [0.1, 0.15) is 26.0 Å². The molecule has 0 saturated heterocycles. The van der Waals surface area contributed by atoms with E-state index in [1.165, 1.54) is 16.6 Å². The molecule has 158 valence electrons. The Morgan fingerprint density at radius 2 is 2.00 bits per heavy atom. The number of hydrogen-bond acceptors (Lipinski definition) is 4. The van der Waals surface area contributed by atoms with E-state index < -0.39 is 10.0 Å². The van der Waals surface area contributed by atoms with Gasteiger partial charge in [0, 0.05) is 35.9 Å². The molecule has 30 heavy (non-hydrogen) atoms. The quantitative estimate of drug-likeness (QED) is 0.659. The second-order valence-corrected chi connectivity index (χ2v) is 9.69. The first kappa shape index (κ1) is 20.6. The lowest BCUT2D eigenvalue weighted by molar-refractivity contribution is 0.242. The van der Waals surface area contributed by atoms with Gasteiger partial charge in [-0.25, -0.2) is 17.8 Å². The van der Waals surface area contributed by atoms with Gasteiger partial charge in [-0.3, -0.25) is 0 Å². The van der Waals surface area contributed by atoms with Crippen LogP contribution in [0.2, 0.25) is 0 Å². The Kier molecular flexibility index (Phi) is 5.38. The molecular formula is C22H24FN3O3S. The van der Waals surface area contributed by atoms with Crippen molar-refractivity contribution >= 4 is 26.6 Å². The van der Waals surface area contributed by atoms with Gasteiger partial charge in [-0.1, -0.05) is 6.08 Å². The molecule has 0 radical (unpaired) electrons. The summed E-state index contributed by atoms with van der Waals surface area (Å²) >= 11 is 0. The van der Waals surface area contributed by atoms with Gasteiger partial charge in [0.15, 0.2) is 0 Å². The van der Waals surface area contributed by atoms with Crippen molar-refractivity contribution in [3.63, 3.8) is 0 Å². The van der Waals surface area contributed by atoms with Crippen LogP contribution in [0, 0.1) is 5.82 Å². The fourth-order valence-electron chi connectivity index (χ4n) is 3.69. The Morgan fingerprint density at radius 1 is 1.20 bits per heavy atom. The molecule has 0 fully saturated rings. The van der Waals surface area contributed by atoms with Crippen molar-refractivity contribution in [2.75, 3.05) is 19.3 Å². The monoisotopic (exact) mass is 429 g/mol. The second kappa shape index (κ2) is 7.85. The SMILES string of the molecule is CC(C)Oc1ccc(F)c(-c2ccnc3[nH]c(C4=CCN(S(C)(=O)=O)CC4)cc23)c1. The average Bonchev–Trinajstić information content (AvgIpc) is 3.13. The number of fused-ring (bicyclic) bond motifs is 1. The Balaban J connectivity index is 1.73. The smallest absolute Gasteiger partial charge is 0.211 e. The highest BCUT2D eigenvalue weighted by atomic mass is 32.2. The average molecular weight is 430 g/mol. The third kappa shape index (κ3) is 4.11. The van der Waals surface area contributed by atoms with Gasteiger partial charge in [-0.2, -0.15) is 4.31 Å². The van der Waals surface area contributed by atoms with E-state index in [-0.39, 0.29) is 11.9 Å². The highest BCUT2D eigenvalue weighted by Gasteiger charge is 2.21. The van der Waals surface area contributed by atoms with Gasteiger partial charge >= 0.3 is 0 Å². The zero-order valence-electron chi connectivity index (χ0n) is 17.1. The van der Waals surface area contributed by atoms with Gasteiger partial charge < -0.3 is 9.72 Å². The molecular weight excluding hydrogens is 405 g/mol. The number of ether oxygens (including phenoxy) is 1. The Bertz CT molecular complexity index is 1230. The minimum atomic E-state index is -3.20. The lowest BCUT2D eigenvalue weighted by Gasteiger charge is -2.23. The molecule has 0 saturated carbocycles. The van der Waals surface area contributed by atoms with Crippen LogP contribution in [0.5, 0.6) is 5.75 Å². The molecule has 6 nitrogen and oxygen atoms in total. The number of hydrogen-bond donors (Lipinski definition) is 1. The molecule has 4 rings (SSSR count). The number of rotatable bonds is 5. The van der Waals surface area contributed by atoms with Crippen molar-refractivity contribution in [2.45, 2.75) is 26.4 Å². The predicted molar refractivity (Wildman–Crippen MR) is 116 cm³/mol. The molecule has 0 aliphatic carbocycles. The van der Waals surface area contributed by atoms with Gasteiger partial charge in [0.1, 0.15) is 17.2 Å². The largest absolute Gasteiger partial charge is 0.491 e. The number of pyridine rings is 1. The number of sulfonamides is 1. The predicted octanol–water partition coefficient (Wildman–Crippen LogP) is 4.20. The molecule has 3 heterocycles. The molecule has 0 atom stereocenters. The molecule has 1 aromatic carbocycles. The van der Waals surface area contributed by atoms with E-state index in [2.05, 4.69) is 9.97 Å². The Hall–Kier alpha value is -2.71. The number of H-pyrrole nitrogens is 1. The Labute approximate surface area is 175 Å². The van der Waals surface area contributed by atoms with E-state index in [1.807, 2.05) is 26.0 Å². The third-order valence-corrected chi connectivity index (χ3v) is 6.39. The lowest BCUT2D eigenvalue weighted by Crippen LogP contribution is -2.33. The fourth-order valence-corrected chi connectivity index (χ4v) is 4.46. The van der Waals surface area contributed by atoms with Crippen LogP contribution >= 0.6 is 0 Å². The summed E-state index contributed by atoms with van der Waals surface area (Å²) in [5.74, 6) is 0.278. The molecule has 3 aromatic rings. The molecule has 8 heteroatoms. The van der Waals surface area contributed by atoms with Crippen molar-refractivity contribution < 1.29 is 17.5 Å². The van der Waals surface area contributed by atoms with Crippen molar-refractivity contribution in [3.8, 4) is 16.9 Å². The summed E-state index contributed by atoms with van der Waals surface area (Å²) in [5, 5.41) is 0.805. The van der Waals surface area contributed by atoms with E-state index in [9.17, 15) is 12.8 Å². The number of nitrogens with one attached hydrogen (secondary N) is 1.